The summed E-state index contributed by atoms with van der Waals surface area (Å²) in [6.07, 6.45) is 3.17. The molecule has 5 unspecified atom stereocenters. The third-order valence-corrected chi connectivity index (χ3v) is 9.03. The summed E-state index contributed by atoms with van der Waals surface area (Å²) in [5.74, 6) is -4.49. The predicted octanol–water partition coefficient (Wildman–Crippen LogP) is 3.27. The molecule has 1 saturated heterocycles. The van der Waals surface area contributed by atoms with E-state index in [0.717, 1.165) is 0 Å². The first-order valence-corrected chi connectivity index (χ1v) is 14.4. The Morgan fingerprint density at radius 3 is 2.62 bits per heavy atom. The lowest BCUT2D eigenvalue weighted by Gasteiger charge is -2.37. The van der Waals surface area contributed by atoms with E-state index in [1.165, 1.54) is 10.7 Å². The highest BCUT2D eigenvalue weighted by molar-refractivity contribution is 5.93. The van der Waals surface area contributed by atoms with Crippen LogP contribution in [-0.4, -0.2) is 76.0 Å². The molecule has 0 radical (unpaired) electrons. The lowest BCUT2D eigenvalue weighted by molar-refractivity contribution is -0.139. The van der Waals surface area contributed by atoms with Crippen molar-refractivity contribution in [3.05, 3.63) is 35.2 Å². The monoisotopic (exact) mass is 590 g/mol. The zero-order valence-corrected chi connectivity index (χ0v) is 23.3. The molecule has 226 valence electrons. The minimum absolute atomic E-state index is 0.0138. The highest BCUT2D eigenvalue weighted by Crippen LogP contribution is 2.52. The van der Waals surface area contributed by atoms with Gasteiger partial charge in [-0.05, 0) is 56.5 Å². The number of carbonyl (C=O) groups excluding carboxylic acids is 2. The quantitative estimate of drug-likeness (QED) is 0.422. The van der Waals surface area contributed by atoms with Gasteiger partial charge in [0.05, 0.1) is 47.9 Å². The number of amides is 2. The van der Waals surface area contributed by atoms with E-state index < -0.39 is 41.6 Å². The Kier molecular flexibility index (Phi) is 7.18. The molecule has 2 saturated carbocycles. The van der Waals surface area contributed by atoms with Crippen LogP contribution in [0.2, 0.25) is 0 Å². The molecule has 0 bridgehead atoms. The van der Waals surface area contributed by atoms with E-state index >= 15 is 0 Å². The highest BCUT2D eigenvalue weighted by atomic mass is 19.3. The van der Waals surface area contributed by atoms with Gasteiger partial charge in [-0.1, -0.05) is 12.1 Å². The standard InChI is InChI=1S/C27H33F3N8O4/c1-3-26(28)11-17(26)24(41)37-9-6-16(39)10-20(37)18-12-31-38-13-19(33-25(38)32-18)22(15-4-7-27(29,30)8-5-15)34-23(40)21-14(2)35-42-36-21/h12-13,15-17,20,22,39H,3-11H2,1-2H3,(H,34,40). The van der Waals surface area contributed by atoms with Gasteiger partial charge in [0.1, 0.15) is 11.4 Å². The topological polar surface area (TPSA) is 152 Å². The number of aliphatic hydroxyl groups is 1. The van der Waals surface area contributed by atoms with E-state index in [-0.39, 0.29) is 80.5 Å². The number of rotatable bonds is 7. The van der Waals surface area contributed by atoms with Gasteiger partial charge in [0, 0.05) is 19.4 Å². The van der Waals surface area contributed by atoms with Crippen LogP contribution < -0.4 is 5.32 Å². The average Bonchev–Trinajstić information content (AvgIpc) is 3.25. The first-order valence-electron chi connectivity index (χ1n) is 14.4. The van der Waals surface area contributed by atoms with E-state index in [4.69, 9.17) is 0 Å². The van der Waals surface area contributed by atoms with Gasteiger partial charge in [-0.3, -0.25) is 9.59 Å². The maximum atomic E-state index is 14.8. The van der Waals surface area contributed by atoms with Gasteiger partial charge in [0.15, 0.2) is 5.69 Å². The molecular weight excluding hydrogens is 557 g/mol. The molecule has 3 fully saturated rings. The normalized spacial score (nSPS) is 28.5. The van der Waals surface area contributed by atoms with Crippen molar-refractivity contribution in [2.75, 3.05) is 6.54 Å². The summed E-state index contributed by atoms with van der Waals surface area (Å²) in [6.45, 7) is 3.56. The summed E-state index contributed by atoms with van der Waals surface area (Å²) >= 11 is 0. The number of piperidine rings is 1. The van der Waals surface area contributed by atoms with Crippen molar-refractivity contribution < 1.29 is 32.5 Å². The predicted molar refractivity (Wildman–Crippen MR) is 139 cm³/mol. The Balaban J connectivity index is 1.29. The van der Waals surface area contributed by atoms with Crippen molar-refractivity contribution in [2.24, 2.45) is 11.8 Å². The fourth-order valence-electron chi connectivity index (χ4n) is 6.26. The van der Waals surface area contributed by atoms with Crippen LogP contribution in [0.1, 0.15) is 97.9 Å². The van der Waals surface area contributed by atoms with Crippen molar-refractivity contribution in [3.8, 4) is 0 Å². The molecule has 4 heterocycles. The van der Waals surface area contributed by atoms with Crippen LogP contribution >= 0.6 is 0 Å². The molecule has 3 aliphatic rings. The smallest absolute Gasteiger partial charge is 0.276 e. The number of nitrogens with one attached hydrogen (secondary N) is 1. The van der Waals surface area contributed by atoms with Gasteiger partial charge in [0.2, 0.25) is 11.8 Å². The number of alkyl halides is 3. The minimum Gasteiger partial charge on any atom is -0.393 e. The molecule has 0 aromatic carbocycles. The van der Waals surface area contributed by atoms with E-state index in [2.05, 4.69) is 35.3 Å². The van der Waals surface area contributed by atoms with Gasteiger partial charge in [0.25, 0.3) is 11.7 Å². The van der Waals surface area contributed by atoms with E-state index in [9.17, 15) is 27.9 Å². The highest BCUT2D eigenvalue weighted by Gasteiger charge is 2.60. The lowest BCUT2D eigenvalue weighted by Crippen LogP contribution is -2.44. The van der Waals surface area contributed by atoms with Crippen LogP contribution in [-0.2, 0) is 4.79 Å². The lowest BCUT2D eigenvalue weighted by atomic mass is 9.81. The molecule has 2 aliphatic carbocycles. The summed E-state index contributed by atoms with van der Waals surface area (Å²) in [7, 11) is 0. The van der Waals surface area contributed by atoms with E-state index in [1.54, 1.807) is 24.9 Å². The number of aliphatic hydroxyl groups excluding tert-OH is 1. The third kappa shape index (κ3) is 5.34. The van der Waals surface area contributed by atoms with Gasteiger partial charge < -0.3 is 15.3 Å². The number of aryl methyl sites for hydroxylation is 1. The summed E-state index contributed by atoms with van der Waals surface area (Å²) in [6, 6.07) is -1.35. The number of carbonyl (C=O) groups is 2. The number of hydrogen-bond acceptors (Lipinski definition) is 9. The number of fused-ring (bicyclic) bond motifs is 1. The summed E-state index contributed by atoms with van der Waals surface area (Å²) < 4.78 is 48.8. The number of hydrogen-bond donors (Lipinski definition) is 2. The van der Waals surface area contributed by atoms with Crippen molar-refractivity contribution >= 4 is 17.6 Å². The van der Waals surface area contributed by atoms with E-state index in [0.29, 0.717) is 17.8 Å². The van der Waals surface area contributed by atoms with Crippen molar-refractivity contribution in [2.45, 2.75) is 95.0 Å². The Hall–Kier alpha value is -3.62. The molecule has 15 heteroatoms. The number of likely N-dealkylation sites (tertiary alicyclic amines) is 1. The van der Waals surface area contributed by atoms with Crippen LogP contribution in [0.4, 0.5) is 13.2 Å². The first kappa shape index (κ1) is 28.5. The fraction of sp³-hybridized carbons (Fsp3) is 0.667. The van der Waals surface area contributed by atoms with Gasteiger partial charge in [-0.2, -0.15) is 5.10 Å². The minimum atomic E-state index is -2.76. The van der Waals surface area contributed by atoms with Crippen LogP contribution in [0.3, 0.4) is 0 Å². The molecule has 3 aromatic heterocycles. The maximum absolute atomic E-state index is 14.8. The summed E-state index contributed by atoms with van der Waals surface area (Å²) in [4.78, 5) is 37.1. The number of imidazole rings is 1. The molecule has 2 amide bonds. The molecule has 12 nitrogen and oxygen atoms in total. The van der Waals surface area contributed by atoms with Crippen molar-refractivity contribution in [1.29, 1.82) is 0 Å². The molecule has 6 rings (SSSR count). The van der Waals surface area contributed by atoms with E-state index in [1.807, 2.05) is 0 Å². The Labute approximate surface area is 239 Å². The zero-order chi connectivity index (χ0) is 29.8. The number of nitrogens with zero attached hydrogens (tertiary/aromatic N) is 7. The van der Waals surface area contributed by atoms with Gasteiger partial charge >= 0.3 is 0 Å². The van der Waals surface area contributed by atoms with Crippen LogP contribution in [0.25, 0.3) is 5.78 Å². The molecule has 0 spiro atoms. The van der Waals surface area contributed by atoms with Gasteiger partial charge in [-0.15, -0.1) is 0 Å². The SMILES string of the molecule is CCC1(F)CC1C(=O)N1CCC(O)CC1c1cnn2cc(C(NC(=O)c3nonc3C)C3CCC(F)(F)CC3)nc2n1. The molecule has 42 heavy (non-hydrogen) atoms. The van der Waals surface area contributed by atoms with Crippen LogP contribution in [0, 0.1) is 18.8 Å². The van der Waals surface area contributed by atoms with Gasteiger partial charge in [-0.25, -0.2) is 32.3 Å². The van der Waals surface area contributed by atoms with Crippen LogP contribution in [0.5, 0.6) is 0 Å². The van der Waals surface area contributed by atoms with Crippen molar-refractivity contribution in [3.63, 3.8) is 0 Å². The molecular formula is C27H33F3N8O4. The number of halogens is 3. The second-order valence-corrected chi connectivity index (χ2v) is 11.8. The molecule has 1 aliphatic heterocycles. The molecule has 5 atom stereocenters. The molecule has 2 N–H and O–H groups in total. The van der Waals surface area contributed by atoms with Crippen molar-refractivity contribution in [1.82, 2.24) is 40.1 Å². The second kappa shape index (κ2) is 10.6. The first-order chi connectivity index (χ1) is 20.0. The zero-order valence-electron chi connectivity index (χ0n) is 23.3. The summed E-state index contributed by atoms with van der Waals surface area (Å²) in [5.41, 5.74) is -0.442. The second-order valence-electron chi connectivity index (χ2n) is 11.8. The maximum Gasteiger partial charge on any atom is 0.276 e. The Morgan fingerprint density at radius 1 is 1.19 bits per heavy atom. The van der Waals surface area contributed by atoms with Crippen LogP contribution in [0.15, 0.2) is 17.0 Å². The largest absolute Gasteiger partial charge is 0.393 e. The Bertz CT molecular complexity index is 1490. The fourth-order valence-corrected chi connectivity index (χ4v) is 6.26. The number of aromatic nitrogens is 6. The third-order valence-electron chi connectivity index (χ3n) is 9.03. The average molecular weight is 591 g/mol. The molecule has 3 aromatic rings. The Morgan fingerprint density at radius 2 is 1.95 bits per heavy atom. The summed E-state index contributed by atoms with van der Waals surface area (Å²) in [5, 5.41) is 25.0.